The molecule has 140 valence electrons. The Kier molecular flexibility index (Phi) is 4.62. The van der Waals surface area contributed by atoms with Crippen molar-refractivity contribution < 1.29 is 8.42 Å². The van der Waals surface area contributed by atoms with Crippen LogP contribution in [-0.2, 0) is 16.4 Å². The minimum Gasteiger partial charge on any atom is -0.297 e. The van der Waals surface area contributed by atoms with Crippen molar-refractivity contribution in [3.05, 3.63) is 47.3 Å². The van der Waals surface area contributed by atoms with Crippen molar-refractivity contribution in [3.8, 4) is 0 Å². The maximum atomic E-state index is 13.4. The van der Waals surface area contributed by atoms with Crippen LogP contribution < -0.4 is 0 Å². The van der Waals surface area contributed by atoms with Gasteiger partial charge in [0.1, 0.15) is 4.90 Å². The summed E-state index contributed by atoms with van der Waals surface area (Å²) in [6, 6.07) is 10.8. The number of benzene rings is 1. The van der Waals surface area contributed by atoms with Crippen molar-refractivity contribution in [3.63, 3.8) is 0 Å². The molecule has 1 saturated carbocycles. The lowest BCUT2D eigenvalue weighted by molar-refractivity contribution is 0.128. The summed E-state index contributed by atoms with van der Waals surface area (Å²) in [5.41, 5.74) is 2.34. The van der Waals surface area contributed by atoms with Gasteiger partial charge in [0.25, 0.3) is 0 Å². The SMILES string of the molecule is Cc1n[nH]c(C)c1S(=O)(=O)N1CCN(C2CC2)CC1Cc1ccccc1. The van der Waals surface area contributed by atoms with Gasteiger partial charge in [-0.15, -0.1) is 0 Å². The fourth-order valence-corrected chi connectivity index (χ4v) is 5.98. The Balaban J connectivity index is 1.65. The van der Waals surface area contributed by atoms with Crippen molar-refractivity contribution in [2.45, 2.75) is 50.1 Å². The first-order valence-electron chi connectivity index (χ1n) is 9.28. The van der Waals surface area contributed by atoms with Gasteiger partial charge in [0.15, 0.2) is 0 Å². The molecule has 1 aromatic heterocycles. The van der Waals surface area contributed by atoms with Crippen LogP contribution in [0.2, 0.25) is 0 Å². The highest BCUT2D eigenvalue weighted by Gasteiger charge is 2.41. The van der Waals surface area contributed by atoms with Gasteiger partial charge < -0.3 is 0 Å². The minimum absolute atomic E-state index is 0.0505. The standard InChI is InChI=1S/C19H26N4O2S/c1-14-19(15(2)21-20-14)26(24,25)23-11-10-22(17-8-9-17)13-18(23)12-16-6-4-3-5-7-16/h3-7,17-18H,8-13H2,1-2H3,(H,20,21). The maximum Gasteiger partial charge on any atom is 0.247 e. The summed E-state index contributed by atoms with van der Waals surface area (Å²) in [6.45, 7) is 5.68. The van der Waals surface area contributed by atoms with Gasteiger partial charge in [-0.25, -0.2) is 8.42 Å². The van der Waals surface area contributed by atoms with Gasteiger partial charge in [0.05, 0.1) is 11.4 Å². The summed E-state index contributed by atoms with van der Waals surface area (Å²) in [4.78, 5) is 2.81. The zero-order chi connectivity index (χ0) is 18.3. The highest BCUT2D eigenvalue weighted by atomic mass is 32.2. The molecule has 2 heterocycles. The number of piperazine rings is 1. The molecular weight excluding hydrogens is 348 g/mol. The fourth-order valence-electron chi connectivity index (χ4n) is 4.04. The smallest absolute Gasteiger partial charge is 0.247 e. The molecule has 1 atom stereocenters. The molecular formula is C19H26N4O2S. The molecule has 26 heavy (non-hydrogen) atoms. The summed E-state index contributed by atoms with van der Waals surface area (Å²) < 4.78 is 28.6. The largest absolute Gasteiger partial charge is 0.297 e. The minimum atomic E-state index is -3.57. The second kappa shape index (κ2) is 6.79. The Morgan fingerprint density at radius 2 is 1.88 bits per heavy atom. The average molecular weight is 375 g/mol. The summed E-state index contributed by atoms with van der Waals surface area (Å²) in [5, 5.41) is 6.92. The Hall–Kier alpha value is -1.70. The Labute approximate surface area is 155 Å². The first-order chi connectivity index (χ1) is 12.5. The zero-order valence-corrected chi connectivity index (χ0v) is 16.2. The lowest BCUT2D eigenvalue weighted by Crippen LogP contribution is -2.56. The van der Waals surface area contributed by atoms with Gasteiger partial charge >= 0.3 is 0 Å². The van der Waals surface area contributed by atoms with Gasteiger partial charge in [0, 0.05) is 31.7 Å². The topological polar surface area (TPSA) is 69.3 Å². The van der Waals surface area contributed by atoms with Gasteiger partial charge in [0.2, 0.25) is 10.0 Å². The lowest BCUT2D eigenvalue weighted by Gasteiger charge is -2.41. The van der Waals surface area contributed by atoms with Crippen LogP contribution in [0.1, 0.15) is 29.8 Å². The molecule has 0 radical (unpaired) electrons. The van der Waals surface area contributed by atoms with E-state index in [2.05, 4.69) is 27.2 Å². The van der Waals surface area contributed by atoms with E-state index in [9.17, 15) is 8.42 Å². The molecule has 2 aromatic rings. The van der Waals surface area contributed by atoms with E-state index >= 15 is 0 Å². The third-order valence-electron chi connectivity index (χ3n) is 5.46. The van der Waals surface area contributed by atoms with Gasteiger partial charge in [-0.1, -0.05) is 30.3 Å². The van der Waals surface area contributed by atoms with E-state index in [1.54, 1.807) is 18.2 Å². The molecule has 7 heteroatoms. The molecule has 2 aliphatic rings. The Bertz CT molecular complexity index is 855. The second-order valence-electron chi connectivity index (χ2n) is 7.45. The van der Waals surface area contributed by atoms with E-state index in [0.29, 0.717) is 28.9 Å². The predicted molar refractivity (Wildman–Crippen MR) is 100 cm³/mol. The zero-order valence-electron chi connectivity index (χ0n) is 15.4. The fraction of sp³-hybridized carbons (Fsp3) is 0.526. The number of aryl methyl sites for hydroxylation is 2. The van der Waals surface area contributed by atoms with E-state index in [4.69, 9.17) is 0 Å². The molecule has 1 aliphatic carbocycles. The van der Waals surface area contributed by atoms with Crippen LogP contribution in [0.25, 0.3) is 0 Å². The molecule has 1 aromatic carbocycles. The summed E-state index contributed by atoms with van der Waals surface area (Å²) in [7, 11) is -3.57. The van der Waals surface area contributed by atoms with E-state index < -0.39 is 10.0 Å². The highest BCUT2D eigenvalue weighted by molar-refractivity contribution is 7.89. The van der Waals surface area contributed by atoms with Gasteiger partial charge in [-0.05, 0) is 38.7 Å². The van der Waals surface area contributed by atoms with Gasteiger partial charge in [-0.2, -0.15) is 9.40 Å². The van der Waals surface area contributed by atoms with E-state index in [1.165, 1.54) is 18.4 Å². The molecule has 1 aliphatic heterocycles. The Morgan fingerprint density at radius 1 is 1.15 bits per heavy atom. The normalized spacial score (nSPS) is 22.6. The van der Waals surface area contributed by atoms with Crippen LogP contribution >= 0.6 is 0 Å². The lowest BCUT2D eigenvalue weighted by atomic mass is 10.0. The van der Waals surface area contributed by atoms with Gasteiger partial charge in [-0.3, -0.25) is 10.00 Å². The molecule has 2 fully saturated rings. The van der Waals surface area contributed by atoms with E-state index in [0.717, 1.165) is 19.5 Å². The predicted octanol–water partition coefficient (Wildman–Crippen LogP) is 2.11. The number of nitrogens with zero attached hydrogens (tertiary/aromatic N) is 3. The van der Waals surface area contributed by atoms with E-state index in [1.807, 2.05) is 18.2 Å². The van der Waals surface area contributed by atoms with Crippen LogP contribution in [0.3, 0.4) is 0 Å². The van der Waals surface area contributed by atoms with Crippen molar-refractivity contribution >= 4 is 10.0 Å². The third kappa shape index (κ3) is 3.31. The summed E-state index contributed by atoms with van der Waals surface area (Å²) >= 11 is 0. The van der Waals surface area contributed by atoms with Crippen LogP contribution in [0.15, 0.2) is 35.2 Å². The average Bonchev–Trinajstić information content (AvgIpc) is 3.40. The summed E-state index contributed by atoms with van der Waals surface area (Å²) in [5.74, 6) is 0. The van der Waals surface area contributed by atoms with Crippen molar-refractivity contribution in [1.82, 2.24) is 19.4 Å². The molecule has 1 N–H and O–H groups in total. The van der Waals surface area contributed by atoms with Crippen molar-refractivity contribution in [2.24, 2.45) is 0 Å². The number of aromatic amines is 1. The van der Waals surface area contributed by atoms with Crippen molar-refractivity contribution in [1.29, 1.82) is 0 Å². The van der Waals surface area contributed by atoms with Crippen LogP contribution in [0.5, 0.6) is 0 Å². The number of hydrogen-bond acceptors (Lipinski definition) is 4. The molecule has 0 spiro atoms. The molecule has 6 nitrogen and oxygen atoms in total. The molecule has 1 saturated heterocycles. The quantitative estimate of drug-likeness (QED) is 0.870. The summed E-state index contributed by atoms with van der Waals surface area (Å²) in [6.07, 6.45) is 3.22. The van der Waals surface area contributed by atoms with Crippen molar-refractivity contribution in [2.75, 3.05) is 19.6 Å². The third-order valence-corrected chi connectivity index (χ3v) is 7.68. The van der Waals surface area contributed by atoms with Crippen LogP contribution in [0, 0.1) is 13.8 Å². The monoisotopic (exact) mass is 374 g/mol. The highest BCUT2D eigenvalue weighted by Crippen LogP contribution is 2.32. The Morgan fingerprint density at radius 3 is 2.50 bits per heavy atom. The number of nitrogens with one attached hydrogen (secondary N) is 1. The first kappa shape index (κ1) is 17.7. The number of hydrogen-bond donors (Lipinski definition) is 1. The van der Waals surface area contributed by atoms with E-state index in [-0.39, 0.29) is 6.04 Å². The number of rotatable bonds is 5. The molecule has 4 rings (SSSR count). The molecule has 0 bridgehead atoms. The van der Waals surface area contributed by atoms with Crippen LogP contribution in [-0.4, -0.2) is 59.5 Å². The number of sulfonamides is 1. The molecule has 0 amide bonds. The number of aromatic nitrogens is 2. The number of H-pyrrole nitrogens is 1. The van der Waals surface area contributed by atoms with Crippen LogP contribution in [0.4, 0.5) is 0 Å². The second-order valence-corrected chi connectivity index (χ2v) is 9.28. The first-order valence-corrected chi connectivity index (χ1v) is 10.7. The molecule has 1 unspecified atom stereocenters. The maximum absolute atomic E-state index is 13.4.